The summed E-state index contributed by atoms with van der Waals surface area (Å²) in [4.78, 5) is 5.12. The van der Waals surface area contributed by atoms with Gasteiger partial charge in [0.2, 0.25) is 0 Å². The third-order valence-corrected chi connectivity index (χ3v) is 4.33. The van der Waals surface area contributed by atoms with Crippen LogP contribution in [0.1, 0.15) is 44.9 Å². The van der Waals surface area contributed by atoms with Gasteiger partial charge in [0.15, 0.2) is 0 Å². The molecule has 0 unspecified atom stereocenters. The number of piperidine rings is 2. The van der Waals surface area contributed by atoms with Gasteiger partial charge in [0.1, 0.15) is 0 Å². The minimum Gasteiger partial charge on any atom is -0.395 e. The first kappa shape index (κ1) is 13.3. The maximum Gasteiger partial charge on any atom is 0.0586 e. The zero-order valence-corrected chi connectivity index (χ0v) is 11.1. The van der Waals surface area contributed by atoms with E-state index in [-0.39, 0.29) is 0 Å². The lowest BCUT2D eigenvalue weighted by Gasteiger charge is -2.35. The predicted octanol–water partition coefficient (Wildman–Crippen LogP) is 1.71. The maximum atomic E-state index is 9.36. The summed E-state index contributed by atoms with van der Waals surface area (Å²) in [6.07, 6.45) is 9.30. The molecule has 3 nitrogen and oxygen atoms in total. The van der Waals surface area contributed by atoms with Crippen LogP contribution in [0.3, 0.4) is 0 Å². The summed E-state index contributed by atoms with van der Waals surface area (Å²) in [6, 6.07) is 0.449. The average molecular weight is 240 g/mol. The highest BCUT2D eigenvalue weighted by molar-refractivity contribution is 4.76. The van der Waals surface area contributed by atoms with Gasteiger partial charge in [0, 0.05) is 6.04 Å². The van der Waals surface area contributed by atoms with Gasteiger partial charge < -0.3 is 10.0 Å². The Morgan fingerprint density at radius 1 is 0.882 bits per heavy atom. The number of likely N-dealkylation sites (tertiary alicyclic amines) is 2. The van der Waals surface area contributed by atoms with Crippen LogP contribution < -0.4 is 0 Å². The molecule has 0 spiro atoms. The van der Waals surface area contributed by atoms with Gasteiger partial charge in [-0.2, -0.15) is 0 Å². The van der Waals surface area contributed by atoms with Crippen LogP contribution in [0.5, 0.6) is 0 Å². The van der Waals surface area contributed by atoms with Gasteiger partial charge in [-0.3, -0.25) is 4.90 Å². The molecule has 0 aliphatic carbocycles. The first-order valence-corrected chi connectivity index (χ1v) is 7.47. The molecule has 2 rings (SSSR count). The lowest BCUT2D eigenvalue weighted by Crippen LogP contribution is -2.43. The Morgan fingerprint density at radius 2 is 1.65 bits per heavy atom. The smallest absolute Gasteiger partial charge is 0.0586 e. The van der Waals surface area contributed by atoms with Crippen molar-refractivity contribution in [1.29, 1.82) is 0 Å². The van der Waals surface area contributed by atoms with Crippen LogP contribution in [0.25, 0.3) is 0 Å². The predicted molar refractivity (Wildman–Crippen MR) is 71.2 cm³/mol. The molecule has 100 valence electrons. The average Bonchev–Trinajstić information content (AvgIpc) is 2.40. The highest BCUT2D eigenvalue weighted by atomic mass is 16.3. The Kier molecular flexibility index (Phi) is 5.75. The van der Waals surface area contributed by atoms with E-state index in [1.165, 1.54) is 77.7 Å². The summed E-state index contributed by atoms with van der Waals surface area (Å²) in [6.45, 7) is 6.61. The molecule has 0 aromatic carbocycles. The molecule has 0 amide bonds. The summed E-state index contributed by atoms with van der Waals surface area (Å²) < 4.78 is 0. The minimum atomic E-state index is 0.351. The standard InChI is InChI=1S/C14H28N2O/c17-13-14-7-2-5-11-16(14)12-6-10-15-8-3-1-4-9-15/h14,17H,1-13H2/t14-/m1/s1. The molecule has 2 heterocycles. The van der Waals surface area contributed by atoms with E-state index in [1.807, 2.05) is 0 Å². The molecule has 1 atom stereocenters. The van der Waals surface area contributed by atoms with Crippen molar-refractivity contribution in [3.63, 3.8) is 0 Å². The van der Waals surface area contributed by atoms with Crippen molar-refractivity contribution < 1.29 is 5.11 Å². The third-order valence-electron chi connectivity index (χ3n) is 4.33. The maximum absolute atomic E-state index is 9.36. The molecular weight excluding hydrogens is 212 g/mol. The number of hydrogen-bond acceptors (Lipinski definition) is 3. The van der Waals surface area contributed by atoms with E-state index in [1.54, 1.807) is 0 Å². The molecule has 2 aliphatic rings. The van der Waals surface area contributed by atoms with E-state index in [2.05, 4.69) is 9.80 Å². The highest BCUT2D eigenvalue weighted by Crippen LogP contribution is 2.17. The Balaban J connectivity index is 1.62. The summed E-state index contributed by atoms with van der Waals surface area (Å²) in [7, 11) is 0. The highest BCUT2D eigenvalue weighted by Gasteiger charge is 2.21. The fourth-order valence-electron chi connectivity index (χ4n) is 3.24. The quantitative estimate of drug-likeness (QED) is 0.792. The molecule has 3 heteroatoms. The monoisotopic (exact) mass is 240 g/mol. The van der Waals surface area contributed by atoms with Gasteiger partial charge in [0.05, 0.1) is 6.61 Å². The number of rotatable bonds is 5. The molecule has 2 fully saturated rings. The topological polar surface area (TPSA) is 26.7 Å². The summed E-state index contributed by atoms with van der Waals surface area (Å²) in [5, 5.41) is 9.36. The van der Waals surface area contributed by atoms with E-state index in [0.717, 1.165) is 0 Å². The van der Waals surface area contributed by atoms with E-state index in [4.69, 9.17) is 0 Å². The molecule has 1 N–H and O–H groups in total. The van der Waals surface area contributed by atoms with Gasteiger partial charge in [-0.25, -0.2) is 0 Å². The lowest BCUT2D eigenvalue weighted by molar-refractivity contribution is 0.0848. The Hall–Kier alpha value is -0.120. The molecule has 0 saturated carbocycles. The zero-order chi connectivity index (χ0) is 11.9. The number of aliphatic hydroxyl groups excluding tert-OH is 1. The van der Waals surface area contributed by atoms with Gasteiger partial charge >= 0.3 is 0 Å². The molecule has 0 aromatic heterocycles. The van der Waals surface area contributed by atoms with Crippen molar-refractivity contribution in [3.8, 4) is 0 Å². The van der Waals surface area contributed by atoms with E-state index < -0.39 is 0 Å². The van der Waals surface area contributed by atoms with E-state index in [9.17, 15) is 5.11 Å². The van der Waals surface area contributed by atoms with Crippen molar-refractivity contribution >= 4 is 0 Å². The zero-order valence-electron chi connectivity index (χ0n) is 11.1. The molecular formula is C14H28N2O. The number of aliphatic hydroxyl groups is 1. The van der Waals surface area contributed by atoms with Crippen LogP contribution in [0, 0.1) is 0 Å². The van der Waals surface area contributed by atoms with Crippen LogP contribution in [-0.4, -0.2) is 60.3 Å². The summed E-state index contributed by atoms with van der Waals surface area (Å²) in [5.41, 5.74) is 0. The first-order valence-electron chi connectivity index (χ1n) is 7.47. The molecule has 0 radical (unpaired) electrons. The fraction of sp³-hybridized carbons (Fsp3) is 1.00. The van der Waals surface area contributed by atoms with Crippen molar-refractivity contribution in [2.75, 3.05) is 39.3 Å². The lowest BCUT2D eigenvalue weighted by atomic mass is 10.0. The molecule has 0 bridgehead atoms. The van der Waals surface area contributed by atoms with E-state index in [0.29, 0.717) is 12.6 Å². The third kappa shape index (κ3) is 4.23. The van der Waals surface area contributed by atoms with Gasteiger partial charge in [-0.15, -0.1) is 0 Å². The molecule has 2 aliphatic heterocycles. The second-order valence-corrected chi connectivity index (χ2v) is 5.62. The number of hydrogen-bond donors (Lipinski definition) is 1. The Morgan fingerprint density at radius 3 is 2.41 bits per heavy atom. The van der Waals surface area contributed by atoms with Gasteiger partial charge in [-0.1, -0.05) is 12.8 Å². The van der Waals surface area contributed by atoms with Crippen molar-refractivity contribution in [1.82, 2.24) is 9.80 Å². The Bertz CT molecular complexity index is 204. The van der Waals surface area contributed by atoms with Crippen molar-refractivity contribution in [2.24, 2.45) is 0 Å². The number of nitrogens with zero attached hydrogens (tertiary/aromatic N) is 2. The molecule has 2 saturated heterocycles. The van der Waals surface area contributed by atoms with E-state index >= 15 is 0 Å². The van der Waals surface area contributed by atoms with Crippen molar-refractivity contribution in [3.05, 3.63) is 0 Å². The molecule has 0 aromatic rings. The van der Waals surface area contributed by atoms with Crippen LogP contribution in [-0.2, 0) is 0 Å². The van der Waals surface area contributed by atoms with Crippen LogP contribution >= 0.6 is 0 Å². The fourth-order valence-corrected chi connectivity index (χ4v) is 3.24. The SMILES string of the molecule is OC[C@H]1CCCCN1CCCN1CCCCC1. The molecule has 17 heavy (non-hydrogen) atoms. The van der Waals surface area contributed by atoms with Crippen LogP contribution in [0.2, 0.25) is 0 Å². The summed E-state index contributed by atoms with van der Waals surface area (Å²) >= 11 is 0. The van der Waals surface area contributed by atoms with Crippen LogP contribution in [0.15, 0.2) is 0 Å². The summed E-state index contributed by atoms with van der Waals surface area (Å²) in [5.74, 6) is 0. The largest absolute Gasteiger partial charge is 0.395 e. The Labute approximate surface area is 106 Å². The van der Waals surface area contributed by atoms with Crippen LogP contribution in [0.4, 0.5) is 0 Å². The van der Waals surface area contributed by atoms with Gasteiger partial charge in [-0.05, 0) is 64.8 Å². The van der Waals surface area contributed by atoms with Crippen molar-refractivity contribution in [2.45, 2.75) is 51.0 Å². The second-order valence-electron chi connectivity index (χ2n) is 5.62. The van der Waals surface area contributed by atoms with Gasteiger partial charge in [0.25, 0.3) is 0 Å². The first-order chi connectivity index (χ1) is 8.40. The normalized spacial score (nSPS) is 28.4. The second kappa shape index (κ2) is 7.34. The minimum absolute atomic E-state index is 0.351.